The molecule has 1 atom stereocenters. The first-order valence-electron chi connectivity index (χ1n) is 6.09. The van der Waals surface area contributed by atoms with Gasteiger partial charge in [-0.05, 0) is 30.3 Å². The summed E-state index contributed by atoms with van der Waals surface area (Å²) >= 11 is 0. The first kappa shape index (κ1) is 11.8. The van der Waals surface area contributed by atoms with E-state index >= 15 is 0 Å². The van der Waals surface area contributed by atoms with Crippen LogP contribution in [0.15, 0.2) is 42.5 Å². The van der Waals surface area contributed by atoms with E-state index in [1.54, 1.807) is 18.2 Å². The fraction of sp³-hybridized carbons (Fsp3) is 0.200. The molecule has 1 heterocycles. The molecule has 0 radical (unpaired) electrons. The predicted octanol–water partition coefficient (Wildman–Crippen LogP) is 3.10. The van der Waals surface area contributed by atoms with Crippen molar-refractivity contribution < 1.29 is 14.2 Å². The van der Waals surface area contributed by atoms with E-state index in [2.05, 4.69) is 0 Å². The van der Waals surface area contributed by atoms with Crippen molar-refractivity contribution in [2.45, 2.75) is 6.04 Å². The van der Waals surface area contributed by atoms with Crippen LogP contribution < -0.4 is 9.64 Å². The molecule has 3 nitrogen and oxygen atoms in total. The van der Waals surface area contributed by atoms with Crippen LogP contribution in [0.2, 0.25) is 0 Å². The van der Waals surface area contributed by atoms with Gasteiger partial charge in [0.05, 0.1) is 6.04 Å². The molecule has 98 valence electrons. The first-order valence-corrected chi connectivity index (χ1v) is 6.09. The Kier molecular flexibility index (Phi) is 2.78. The van der Waals surface area contributed by atoms with E-state index in [4.69, 9.17) is 4.74 Å². The Bertz CT molecular complexity index is 615. The summed E-state index contributed by atoms with van der Waals surface area (Å²) in [6.07, 6.45) is 0. The third kappa shape index (κ3) is 2.10. The van der Waals surface area contributed by atoms with E-state index in [1.807, 2.05) is 24.1 Å². The Labute approximate surface area is 110 Å². The highest BCUT2D eigenvalue weighted by Gasteiger charge is 2.28. The molecular formula is C15H14FNO2. The highest BCUT2D eigenvalue weighted by atomic mass is 19.1. The third-order valence-corrected chi connectivity index (χ3v) is 3.44. The normalized spacial score (nSPS) is 16.8. The Morgan fingerprint density at radius 2 is 2.11 bits per heavy atom. The summed E-state index contributed by atoms with van der Waals surface area (Å²) in [5.41, 5.74) is 1.80. The Morgan fingerprint density at radius 3 is 2.89 bits per heavy atom. The van der Waals surface area contributed by atoms with Crippen LogP contribution in [0.5, 0.6) is 11.5 Å². The van der Waals surface area contributed by atoms with Crippen molar-refractivity contribution >= 4 is 5.69 Å². The zero-order valence-corrected chi connectivity index (χ0v) is 10.5. The second-order valence-corrected chi connectivity index (χ2v) is 4.64. The monoisotopic (exact) mass is 259 g/mol. The fourth-order valence-corrected chi connectivity index (χ4v) is 2.38. The van der Waals surface area contributed by atoms with E-state index in [1.165, 1.54) is 12.1 Å². The van der Waals surface area contributed by atoms with Crippen LogP contribution in [-0.4, -0.2) is 18.8 Å². The first-order chi connectivity index (χ1) is 9.15. The van der Waals surface area contributed by atoms with Crippen LogP contribution in [-0.2, 0) is 0 Å². The summed E-state index contributed by atoms with van der Waals surface area (Å²) in [6.45, 7) is 0.492. The van der Waals surface area contributed by atoms with Gasteiger partial charge in [0.1, 0.15) is 23.9 Å². The SMILES string of the molecule is CN(c1cccc(F)c1)C1COc2cc(O)ccc21. The van der Waals surface area contributed by atoms with Gasteiger partial charge in [0.2, 0.25) is 0 Å². The molecule has 0 aliphatic carbocycles. The largest absolute Gasteiger partial charge is 0.508 e. The van der Waals surface area contributed by atoms with Gasteiger partial charge < -0.3 is 14.7 Å². The van der Waals surface area contributed by atoms with E-state index in [9.17, 15) is 9.50 Å². The Morgan fingerprint density at radius 1 is 1.26 bits per heavy atom. The molecule has 2 aromatic rings. The maximum atomic E-state index is 13.3. The topological polar surface area (TPSA) is 32.7 Å². The number of phenols is 1. The van der Waals surface area contributed by atoms with E-state index < -0.39 is 0 Å². The van der Waals surface area contributed by atoms with Crippen LogP contribution in [0, 0.1) is 5.82 Å². The molecule has 19 heavy (non-hydrogen) atoms. The fourth-order valence-electron chi connectivity index (χ4n) is 2.38. The van der Waals surface area contributed by atoms with E-state index in [0.29, 0.717) is 12.4 Å². The molecule has 0 fully saturated rings. The minimum absolute atomic E-state index is 0.0254. The second-order valence-electron chi connectivity index (χ2n) is 4.64. The van der Waals surface area contributed by atoms with Crippen molar-refractivity contribution in [2.24, 2.45) is 0 Å². The number of ether oxygens (including phenoxy) is 1. The molecule has 0 saturated heterocycles. The lowest BCUT2D eigenvalue weighted by Crippen LogP contribution is -2.25. The van der Waals surface area contributed by atoms with Gasteiger partial charge in [0.15, 0.2) is 0 Å². The molecule has 1 unspecified atom stereocenters. The van der Waals surface area contributed by atoms with E-state index in [0.717, 1.165) is 11.3 Å². The molecular weight excluding hydrogens is 245 g/mol. The molecule has 0 amide bonds. The van der Waals surface area contributed by atoms with Crippen molar-refractivity contribution in [3.63, 3.8) is 0 Å². The number of benzene rings is 2. The standard InChI is InChI=1S/C15H14FNO2/c1-17(11-4-2-3-10(16)7-11)14-9-19-15-8-12(18)5-6-13(14)15/h2-8,14,18H,9H2,1H3. The third-order valence-electron chi connectivity index (χ3n) is 3.44. The minimum Gasteiger partial charge on any atom is -0.508 e. The van der Waals surface area contributed by atoms with E-state index in [-0.39, 0.29) is 17.6 Å². The molecule has 0 aromatic heterocycles. The minimum atomic E-state index is -0.255. The highest BCUT2D eigenvalue weighted by Crippen LogP contribution is 2.39. The summed E-state index contributed by atoms with van der Waals surface area (Å²) in [7, 11) is 1.91. The maximum absolute atomic E-state index is 13.3. The Hall–Kier alpha value is -2.23. The lowest BCUT2D eigenvalue weighted by Gasteiger charge is -2.25. The number of halogens is 1. The van der Waals surface area contributed by atoms with Gasteiger partial charge in [-0.15, -0.1) is 0 Å². The predicted molar refractivity (Wildman–Crippen MR) is 71.1 cm³/mol. The van der Waals surface area contributed by atoms with Crippen LogP contribution in [0.4, 0.5) is 10.1 Å². The van der Waals surface area contributed by atoms with Gasteiger partial charge in [-0.25, -0.2) is 4.39 Å². The van der Waals surface area contributed by atoms with Crippen LogP contribution in [0.25, 0.3) is 0 Å². The van der Waals surface area contributed by atoms with Crippen LogP contribution >= 0.6 is 0 Å². The number of nitrogens with zero attached hydrogens (tertiary/aromatic N) is 1. The van der Waals surface area contributed by atoms with Gasteiger partial charge in [-0.3, -0.25) is 0 Å². The van der Waals surface area contributed by atoms with Gasteiger partial charge >= 0.3 is 0 Å². The molecule has 1 aliphatic rings. The van der Waals surface area contributed by atoms with Crippen LogP contribution in [0.1, 0.15) is 11.6 Å². The number of anilines is 1. The highest BCUT2D eigenvalue weighted by molar-refractivity contribution is 5.53. The zero-order chi connectivity index (χ0) is 13.4. The lowest BCUT2D eigenvalue weighted by molar-refractivity contribution is 0.328. The number of aromatic hydroxyl groups is 1. The molecule has 0 bridgehead atoms. The number of hydrogen-bond acceptors (Lipinski definition) is 3. The Balaban J connectivity index is 1.93. The molecule has 3 rings (SSSR count). The number of fused-ring (bicyclic) bond motifs is 1. The quantitative estimate of drug-likeness (QED) is 0.899. The maximum Gasteiger partial charge on any atom is 0.128 e. The average Bonchev–Trinajstić information content (AvgIpc) is 2.80. The molecule has 0 spiro atoms. The summed E-state index contributed by atoms with van der Waals surface area (Å²) in [6, 6.07) is 11.6. The molecule has 1 aliphatic heterocycles. The van der Waals surface area contributed by atoms with Crippen molar-refractivity contribution in [1.29, 1.82) is 0 Å². The number of likely N-dealkylation sites (N-methyl/N-ethyl adjacent to an activating group) is 1. The number of phenolic OH excluding ortho intramolecular Hbond substituents is 1. The molecule has 2 aromatic carbocycles. The van der Waals surface area contributed by atoms with Gasteiger partial charge in [-0.2, -0.15) is 0 Å². The summed E-state index contributed by atoms with van der Waals surface area (Å²) in [4.78, 5) is 1.98. The van der Waals surface area contributed by atoms with Gasteiger partial charge in [-0.1, -0.05) is 6.07 Å². The van der Waals surface area contributed by atoms with Gasteiger partial charge in [0.25, 0.3) is 0 Å². The van der Waals surface area contributed by atoms with Crippen molar-refractivity contribution in [3.8, 4) is 11.5 Å². The van der Waals surface area contributed by atoms with Gasteiger partial charge in [0, 0.05) is 24.4 Å². The molecule has 4 heteroatoms. The van der Waals surface area contributed by atoms with Crippen molar-refractivity contribution in [2.75, 3.05) is 18.6 Å². The van der Waals surface area contributed by atoms with Crippen LogP contribution in [0.3, 0.4) is 0 Å². The molecule has 1 N–H and O–H groups in total. The summed E-state index contributed by atoms with van der Waals surface area (Å²) in [5, 5.41) is 9.43. The molecule has 0 saturated carbocycles. The smallest absolute Gasteiger partial charge is 0.128 e. The number of rotatable bonds is 2. The second kappa shape index (κ2) is 4.46. The number of hydrogen-bond donors (Lipinski definition) is 1. The lowest BCUT2D eigenvalue weighted by atomic mass is 10.1. The summed E-state index contributed by atoms with van der Waals surface area (Å²) < 4.78 is 18.8. The van der Waals surface area contributed by atoms with Crippen molar-refractivity contribution in [3.05, 3.63) is 53.8 Å². The zero-order valence-electron chi connectivity index (χ0n) is 10.5. The summed E-state index contributed by atoms with van der Waals surface area (Å²) in [5.74, 6) is 0.621. The average molecular weight is 259 g/mol. The van der Waals surface area contributed by atoms with Crippen molar-refractivity contribution in [1.82, 2.24) is 0 Å².